The van der Waals surface area contributed by atoms with Crippen LogP contribution in [0.5, 0.6) is 0 Å². The number of rotatable bonds is 7. The lowest BCUT2D eigenvalue weighted by Gasteiger charge is -2.23. The summed E-state index contributed by atoms with van der Waals surface area (Å²) < 4.78 is 5.64. The van der Waals surface area contributed by atoms with Crippen molar-refractivity contribution in [3.05, 3.63) is 0 Å². The molecule has 0 amide bonds. The van der Waals surface area contributed by atoms with Gasteiger partial charge in [0.05, 0.1) is 12.2 Å². The number of aliphatic hydroxyl groups is 1. The van der Waals surface area contributed by atoms with Crippen LogP contribution in [-0.4, -0.2) is 23.9 Å². The van der Waals surface area contributed by atoms with E-state index in [2.05, 4.69) is 6.92 Å². The van der Waals surface area contributed by atoms with Crippen molar-refractivity contribution < 1.29 is 9.84 Å². The molecular formula is C13H26O2. The molecule has 1 fully saturated rings. The predicted molar refractivity (Wildman–Crippen MR) is 63.0 cm³/mol. The first-order valence-corrected chi connectivity index (χ1v) is 6.62. The van der Waals surface area contributed by atoms with Crippen molar-refractivity contribution in [2.45, 2.75) is 76.9 Å². The van der Waals surface area contributed by atoms with Gasteiger partial charge in [0.25, 0.3) is 0 Å². The topological polar surface area (TPSA) is 29.5 Å². The maximum atomic E-state index is 9.75. The maximum Gasteiger partial charge on any atom is 0.0576 e. The highest BCUT2D eigenvalue weighted by molar-refractivity contribution is 4.66. The molecule has 0 aliphatic carbocycles. The second kappa shape index (κ2) is 8.12. The van der Waals surface area contributed by atoms with E-state index in [1.165, 1.54) is 38.5 Å². The van der Waals surface area contributed by atoms with E-state index in [-0.39, 0.29) is 6.10 Å². The number of hydrogen-bond donors (Lipinski definition) is 1. The molecule has 0 bridgehead atoms. The van der Waals surface area contributed by atoms with Crippen LogP contribution >= 0.6 is 0 Å². The van der Waals surface area contributed by atoms with Crippen molar-refractivity contribution in [1.29, 1.82) is 0 Å². The third-order valence-electron chi connectivity index (χ3n) is 3.24. The lowest BCUT2D eigenvalue weighted by Crippen LogP contribution is -2.21. The van der Waals surface area contributed by atoms with Crippen LogP contribution in [0.2, 0.25) is 0 Å². The molecule has 1 N–H and O–H groups in total. The summed E-state index contributed by atoms with van der Waals surface area (Å²) in [6.07, 6.45) is 10.6. The first kappa shape index (κ1) is 13.0. The van der Waals surface area contributed by atoms with Crippen LogP contribution in [0.1, 0.15) is 64.7 Å². The molecule has 90 valence electrons. The summed E-state index contributed by atoms with van der Waals surface area (Å²) in [6.45, 7) is 3.12. The van der Waals surface area contributed by atoms with Crippen LogP contribution in [0.25, 0.3) is 0 Å². The molecule has 15 heavy (non-hydrogen) atoms. The molecule has 0 saturated carbocycles. The van der Waals surface area contributed by atoms with E-state index >= 15 is 0 Å². The molecule has 0 spiro atoms. The van der Waals surface area contributed by atoms with Gasteiger partial charge in [-0.2, -0.15) is 0 Å². The fraction of sp³-hybridized carbons (Fsp3) is 1.00. The van der Waals surface area contributed by atoms with Crippen LogP contribution < -0.4 is 0 Å². The minimum Gasteiger partial charge on any atom is -0.393 e. The Morgan fingerprint density at radius 1 is 1.27 bits per heavy atom. The summed E-state index contributed by atoms with van der Waals surface area (Å²) in [7, 11) is 0. The van der Waals surface area contributed by atoms with Crippen molar-refractivity contribution in [2.75, 3.05) is 6.61 Å². The highest BCUT2D eigenvalue weighted by Crippen LogP contribution is 2.19. The third kappa shape index (κ3) is 6.16. The Kier molecular flexibility index (Phi) is 7.03. The van der Waals surface area contributed by atoms with Crippen molar-refractivity contribution in [2.24, 2.45) is 0 Å². The van der Waals surface area contributed by atoms with Crippen LogP contribution in [0.15, 0.2) is 0 Å². The Labute approximate surface area is 94.0 Å². The lowest BCUT2D eigenvalue weighted by molar-refractivity contribution is 0.00159. The normalized spacial score (nSPS) is 24.0. The Balaban J connectivity index is 1.97. The Morgan fingerprint density at radius 2 is 2.13 bits per heavy atom. The molecule has 1 aliphatic rings. The molecule has 1 saturated heterocycles. The maximum absolute atomic E-state index is 9.75. The van der Waals surface area contributed by atoms with Gasteiger partial charge in [-0.3, -0.25) is 0 Å². The molecule has 1 heterocycles. The molecule has 1 aliphatic heterocycles. The quantitative estimate of drug-likeness (QED) is 0.659. The molecule has 2 nitrogen and oxygen atoms in total. The average Bonchev–Trinajstić information content (AvgIpc) is 2.28. The standard InChI is InChI=1S/C13H26O2/c1-2-3-4-7-12(14)9-10-13-8-5-6-11-15-13/h12-14H,2-11H2,1H3. The van der Waals surface area contributed by atoms with E-state index in [9.17, 15) is 5.11 Å². The van der Waals surface area contributed by atoms with Crippen LogP contribution in [-0.2, 0) is 4.74 Å². The second-order valence-electron chi connectivity index (χ2n) is 4.72. The molecule has 2 atom stereocenters. The smallest absolute Gasteiger partial charge is 0.0576 e. The fourth-order valence-corrected chi connectivity index (χ4v) is 2.19. The summed E-state index contributed by atoms with van der Waals surface area (Å²) in [5.41, 5.74) is 0. The zero-order valence-corrected chi connectivity index (χ0v) is 10.1. The van der Waals surface area contributed by atoms with Gasteiger partial charge in [0.2, 0.25) is 0 Å². The van der Waals surface area contributed by atoms with E-state index in [0.29, 0.717) is 6.10 Å². The minimum atomic E-state index is -0.0953. The second-order valence-corrected chi connectivity index (χ2v) is 4.72. The summed E-state index contributed by atoms with van der Waals surface area (Å²) in [5, 5.41) is 9.75. The third-order valence-corrected chi connectivity index (χ3v) is 3.24. The molecular weight excluding hydrogens is 188 g/mol. The van der Waals surface area contributed by atoms with Crippen molar-refractivity contribution in [3.63, 3.8) is 0 Å². The summed E-state index contributed by atoms with van der Waals surface area (Å²) >= 11 is 0. The molecule has 0 aromatic rings. The van der Waals surface area contributed by atoms with Gasteiger partial charge in [-0.15, -0.1) is 0 Å². The largest absolute Gasteiger partial charge is 0.393 e. The van der Waals surface area contributed by atoms with Gasteiger partial charge in [0, 0.05) is 6.61 Å². The summed E-state index contributed by atoms with van der Waals surface area (Å²) in [4.78, 5) is 0. The SMILES string of the molecule is CCCCCC(O)CCC1CCCCO1. The number of ether oxygens (including phenoxy) is 1. The monoisotopic (exact) mass is 214 g/mol. The van der Waals surface area contributed by atoms with E-state index in [1.54, 1.807) is 0 Å². The fourth-order valence-electron chi connectivity index (χ4n) is 2.19. The first-order chi connectivity index (χ1) is 7.33. The Bertz CT molecular complexity index is 141. The molecule has 1 rings (SSSR count). The number of hydrogen-bond acceptors (Lipinski definition) is 2. The molecule has 2 unspecified atom stereocenters. The van der Waals surface area contributed by atoms with Crippen LogP contribution in [0.3, 0.4) is 0 Å². The zero-order chi connectivity index (χ0) is 10.9. The predicted octanol–water partition coefficient (Wildman–Crippen LogP) is 3.28. The van der Waals surface area contributed by atoms with Crippen molar-refractivity contribution >= 4 is 0 Å². The molecule has 0 aromatic heterocycles. The van der Waals surface area contributed by atoms with Crippen molar-refractivity contribution in [1.82, 2.24) is 0 Å². The average molecular weight is 214 g/mol. The summed E-state index contributed by atoms with van der Waals surface area (Å²) in [6, 6.07) is 0. The number of unbranched alkanes of at least 4 members (excludes halogenated alkanes) is 2. The van der Waals surface area contributed by atoms with Gasteiger partial charge in [-0.05, 0) is 38.5 Å². The minimum absolute atomic E-state index is 0.0953. The molecule has 0 aromatic carbocycles. The van der Waals surface area contributed by atoms with E-state index in [4.69, 9.17) is 4.74 Å². The summed E-state index contributed by atoms with van der Waals surface area (Å²) in [5.74, 6) is 0. The van der Waals surface area contributed by atoms with Crippen LogP contribution in [0, 0.1) is 0 Å². The van der Waals surface area contributed by atoms with Gasteiger partial charge in [-0.25, -0.2) is 0 Å². The van der Waals surface area contributed by atoms with Gasteiger partial charge in [0.15, 0.2) is 0 Å². The van der Waals surface area contributed by atoms with E-state index in [0.717, 1.165) is 25.9 Å². The molecule has 0 radical (unpaired) electrons. The Morgan fingerprint density at radius 3 is 2.80 bits per heavy atom. The lowest BCUT2D eigenvalue weighted by atomic mass is 10.0. The van der Waals surface area contributed by atoms with Crippen molar-refractivity contribution in [3.8, 4) is 0 Å². The van der Waals surface area contributed by atoms with Crippen LogP contribution in [0.4, 0.5) is 0 Å². The number of aliphatic hydroxyl groups excluding tert-OH is 1. The van der Waals surface area contributed by atoms with Gasteiger partial charge in [-0.1, -0.05) is 26.2 Å². The highest BCUT2D eigenvalue weighted by atomic mass is 16.5. The van der Waals surface area contributed by atoms with E-state index in [1.807, 2.05) is 0 Å². The van der Waals surface area contributed by atoms with E-state index < -0.39 is 0 Å². The zero-order valence-electron chi connectivity index (χ0n) is 10.1. The van der Waals surface area contributed by atoms with Gasteiger partial charge < -0.3 is 9.84 Å². The van der Waals surface area contributed by atoms with Gasteiger partial charge >= 0.3 is 0 Å². The molecule has 2 heteroatoms. The Hall–Kier alpha value is -0.0800. The highest BCUT2D eigenvalue weighted by Gasteiger charge is 2.15. The van der Waals surface area contributed by atoms with Gasteiger partial charge in [0.1, 0.15) is 0 Å². The first-order valence-electron chi connectivity index (χ1n) is 6.62.